The van der Waals surface area contributed by atoms with E-state index in [1.807, 2.05) is 36.3 Å². The first-order chi connectivity index (χ1) is 11.1. The number of rotatable bonds is 4. The zero-order chi connectivity index (χ0) is 16.4. The van der Waals surface area contributed by atoms with Crippen molar-refractivity contribution >= 4 is 29.2 Å². The number of likely N-dealkylation sites (N-methyl/N-ethyl adjacent to an activating group) is 1. The van der Waals surface area contributed by atoms with Gasteiger partial charge in [-0.25, -0.2) is 0 Å². The summed E-state index contributed by atoms with van der Waals surface area (Å²) in [4.78, 5) is 20.1. The summed E-state index contributed by atoms with van der Waals surface area (Å²) in [7, 11) is 4.02. The number of likely N-dealkylation sites (tertiary alicyclic amines) is 1. The van der Waals surface area contributed by atoms with Crippen LogP contribution in [-0.4, -0.2) is 60.0 Å². The molecule has 3 rings (SSSR count). The summed E-state index contributed by atoms with van der Waals surface area (Å²) in [5, 5.41) is 1.15. The Hall–Kier alpha value is -1.56. The number of nitrogens with two attached hydrogens (primary N) is 1. The van der Waals surface area contributed by atoms with E-state index in [1.165, 1.54) is 0 Å². The van der Waals surface area contributed by atoms with E-state index in [2.05, 4.69) is 23.0 Å². The van der Waals surface area contributed by atoms with Crippen LogP contribution in [0.2, 0.25) is 0 Å². The first-order valence-corrected chi connectivity index (χ1v) is 8.32. The number of H-pyrrole nitrogens is 1. The van der Waals surface area contributed by atoms with E-state index in [0.29, 0.717) is 12.5 Å². The molecule has 1 aromatic carbocycles. The smallest absolute Gasteiger partial charge is 0.239 e. The average Bonchev–Trinajstić information content (AvgIpc) is 2.97. The van der Waals surface area contributed by atoms with Crippen LogP contribution in [0.25, 0.3) is 10.9 Å². The maximum atomic E-state index is 12.7. The lowest BCUT2D eigenvalue weighted by Crippen LogP contribution is -2.50. The number of halogens is 1. The van der Waals surface area contributed by atoms with Gasteiger partial charge in [-0.05, 0) is 51.0 Å². The minimum absolute atomic E-state index is 0. The molecule has 0 saturated carbocycles. The molecule has 1 aliphatic heterocycles. The summed E-state index contributed by atoms with van der Waals surface area (Å²) in [5.41, 5.74) is 8.42. The molecule has 24 heavy (non-hydrogen) atoms. The lowest BCUT2D eigenvalue weighted by molar-refractivity contribution is -0.134. The monoisotopic (exact) mass is 350 g/mol. The van der Waals surface area contributed by atoms with E-state index in [1.54, 1.807) is 0 Å². The maximum absolute atomic E-state index is 12.7. The highest BCUT2D eigenvalue weighted by molar-refractivity contribution is 5.86. The number of carbonyl (C=O) groups excluding carboxylic acids is 1. The number of amides is 1. The second kappa shape index (κ2) is 8.01. The predicted molar refractivity (Wildman–Crippen MR) is 101 cm³/mol. The number of fused-ring (bicyclic) bond motifs is 1. The Balaban J connectivity index is 0.00000208. The van der Waals surface area contributed by atoms with Crippen LogP contribution < -0.4 is 5.73 Å². The summed E-state index contributed by atoms with van der Waals surface area (Å²) in [5.74, 6) is 0.0461. The van der Waals surface area contributed by atoms with Crippen LogP contribution in [0.3, 0.4) is 0 Å². The van der Waals surface area contributed by atoms with Crippen molar-refractivity contribution in [3.05, 3.63) is 36.0 Å². The third-order valence-corrected chi connectivity index (χ3v) is 5.02. The van der Waals surface area contributed by atoms with Crippen LogP contribution in [0.5, 0.6) is 0 Å². The van der Waals surface area contributed by atoms with E-state index in [-0.39, 0.29) is 18.3 Å². The van der Waals surface area contributed by atoms with Gasteiger partial charge in [-0.2, -0.15) is 0 Å². The summed E-state index contributed by atoms with van der Waals surface area (Å²) in [6.45, 7) is 2.08. The molecular formula is C18H27ClN4O. The lowest BCUT2D eigenvalue weighted by Gasteiger charge is -2.36. The Bertz CT molecular complexity index is 678. The molecule has 6 heteroatoms. The minimum Gasteiger partial charge on any atom is -0.361 e. The van der Waals surface area contributed by atoms with Gasteiger partial charge in [0.1, 0.15) is 0 Å². The van der Waals surface area contributed by atoms with E-state index >= 15 is 0 Å². The SMILES string of the molecule is CN1CCC(N(C)C(=O)[C@@H](N)Cc2c[nH]c3ccccc23)CC1.Cl. The molecule has 5 nitrogen and oxygen atoms in total. The third kappa shape index (κ3) is 3.91. The fourth-order valence-electron chi connectivity index (χ4n) is 3.45. The van der Waals surface area contributed by atoms with Crippen molar-refractivity contribution in [1.29, 1.82) is 0 Å². The number of nitrogens with one attached hydrogen (secondary N) is 1. The van der Waals surface area contributed by atoms with E-state index < -0.39 is 6.04 Å². The second-order valence-electron chi connectivity index (χ2n) is 6.65. The largest absolute Gasteiger partial charge is 0.361 e. The Morgan fingerprint density at radius 1 is 1.38 bits per heavy atom. The fraction of sp³-hybridized carbons (Fsp3) is 0.500. The van der Waals surface area contributed by atoms with Crippen molar-refractivity contribution in [3.8, 4) is 0 Å². The molecule has 2 heterocycles. The molecule has 1 fully saturated rings. The first kappa shape index (κ1) is 18.8. The number of aromatic amines is 1. The first-order valence-electron chi connectivity index (χ1n) is 8.32. The molecule has 0 spiro atoms. The van der Waals surface area contributed by atoms with Crippen LogP contribution in [0.15, 0.2) is 30.5 Å². The number of benzene rings is 1. The van der Waals surface area contributed by atoms with Gasteiger partial charge in [-0.1, -0.05) is 18.2 Å². The number of piperidine rings is 1. The molecule has 132 valence electrons. The van der Waals surface area contributed by atoms with Crippen molar-refractivity contribution in [2.24, 2.45) is 5.73 Å². The van der Waals surface area contributed by atoms with Crippen LogP contribution in [-0.2, 0) is 11.2 Å². The molecule has 1 amide bonds. The molecule has 0 bridgehead atoms. The molecule has 1 aliphatic rings. The van der Waals surface area contributed by atoms with E-state index in [9.17, 15) is 4.79 Å². The Morgan fingerprint density at radius 2 is 2.04 bits per heavy atom. The van der Waals surface area contributed by atoms with Gasteiger partial charge in [0.05, 0.1) is 6.04 Å². The minimum atomic E-state index is -0.487. The highest BCUT2D eigenvalue weighted by atomic mass is 35.5. The summed E-state index contributed by atoms with van der Waals surface area (Å²) in [6, 6.07) is 7.95. The third-order valence-electron chi connectivity index (χ3n) is 5.02. The quantitative estimate of drug-likeness (QED) is 0.886. The molecule has 0 aliphatic carbocycles. The van der Waals surface area contributed by atoms with Crippen LogP contribution >= 0.6 is 12.4 Å². The van der Waals surface area contributed by atoms with Crippen LogP contribution in [0.4, 0.5) is 0 Å². The molecule has 3 N–H and O–H groups in total. The van der Waals surface area contributed by atoms with Gasteiger partial charge in [0, 0.05) is 30.2 Å². The van der Waals surface area contributed by atoms with Gasteiger partial charge in [0.15, 0.2) is 0 Å². The standard InChI is InChI=1S/C18H26N4O.ClH/c1-21-9-7-14(8-10-21)22(2)18(23)16(19)11-13-12-20-17-6-4-3-5-15(13)17;/h3-6,12,14,16,20H,7-11,19H2,1-2H3;1H/t16-;/m0./s1. The normalized spacial score (nSPS) is 17.5. The number of para-hydroxylation sites is 1. The molecule has 1 atom stereocenters. The van der Waals surface area contributed by atoms with Gasteiger partial charge in [0.25, 0.3) is 0 Å². The van der Waals surface area contributed by atoms with E-state index in [0.717, 1.165) is 42.4 Å². The highest BCUT2D eigenvalue weighted by Crippen LogP contribution is 2.20. The molecular weight excluding hydrogens is 324 g/mol. The zero-order valence-corrected chi connectivity index (χ0v) is 15.2. The molecule has 1 saturated heterocycles. The second-order valence-corrected chi connectivity index (χ2v) is 6.65. The van der Waals surface area contributed by atoms with Crippen molar-refractivity contribution in [3.63, 3.8) is 0 Å². The fourth-order valence-corrected chi connectivity index (χ4v) is 3.45. The van der Waals surface area contributed by atoms with E-state index in [4.69, 9.17) is 5.73 Å². The number of carbonyl (C=O) groups is 1. The van der Waals surface area contributed by atoms with Crippen molar-refractivity contribution in [2.45, 2.75) is 31.3 Å². The molecule has 0 radical (unpaired) electrons. The molecule has 1 aromatic heterocycles. The summed E-state index contributed by atoms with van der Waals surface area (Å²) >= 11 is 0. The molecule has 0 unspecified atom stereocenters. The van der Waals surface area contributed by atoms with Crippen molar-refractivity contribution in [2.75, 3.05) is 27.2 Å². The maximum Gasteiger partial charge on any atom is 0.239 e. The van der Waals surface area contributed by atoms with Gasteiger partial charge in [-0.3, -0.25) is 4.79 Å². The number of aromatic nitrogens is 1. The Labute approximate surface area is 149 Å². The van der Waals surface area contributed by atoms with Crippen molar-refractivity contribution in [1.82, 2.24) is 14.8 Å². The average molecular weight is 351 g/mol. The van der Waals surface area contributed by atoms with Gasteiger partial charge in [-0.15, -0.1) is 12.4 Å². The number of hydrogen-bond donors (Lipinski definition) is 2. The van der Waals surface area contributed by atoms with Crippen molar-refractivity contribution < 1.29 is 4.79 Å². The predicted octanol–water partition coefficient (Wildman–Crippen LogP) is 2.01. The highest BCUT2D eigenvalue weighted by Gasteiger charge is 2.27. The van der Waals surface area contributed by atoms with Gasteiger partial charge >= 0.3 is 0 Å². The van der Waals surface area contributed by atoms with Crippen LogP contribution in [0.1, 0.15) is 18.4 Å². The Morgan fingerprint density at radius 3 is 2.75 bits per heavy atom. The lowest BCUT2D eigenvalue weighted by atomic mass is 10.0. The Kier molecular flexibility index (Phi) is 6.27. The molecule has 2 aromatic rings. The zero-order valence-electron chi connectivity index (χ0n) is 14.4. The summed E-state index contributed by atoms with van der Waals surface area (Å²) in [6.07, 6.45) is 4.59. The van der Waals surface area contributed by atoms with Gasteiger partial charge < -0.3 is 20.5 Å². The van der Waals surface area contributed by atoms with Gasteiger partial charge in [0.2, 0.25) is 5.91 Å². The topological polar surface area (TPSA) is 65.4 Å². The number of hydrogen-bond acceptors (Lipinski definition) is 3. The number of nitrogens with zero attached hydrogens (tertiary/aromatic N) is 2. The summed E-state index contributed by atoms with van der Waals surface area (Å²) < 4.78 is 0. The van der Waals surface area contributed by atoms with Crippen LogP contribution in [0, 0.1) is 0 Å².